The minimum Gasteiger partial charge on any atom is -0.388 e. The number of nitrogens with two attached hydrogens (primary N) is 1. The highest BCUT2D eigenvalue weighted by Gasteiger charge is 1.96. The molecular formula is C5H9N3O. The molecule has 9 heavy (non-hydrogen) atoms. The van der Waals surface area contributed by atoms with Gasteiger partial charge in [-0.1, -0.05) is 0 Å². The maximum Gasteiger partial charge on any atom is 0.173 e. The maximum atomic E-state index is 10.3. The molecule has 0 fully saturated rings. The number of rotatable bonds is 4. The average molecular weight is 127 g/mol. The lowest BCUT2D eigenvalue weighted by Crippen LogP contribution is -2.11. The van der Waals surface area contributed by atoms with Crippen LogP contribution in [0.15, 0.2) is 0 Å². The highest BCUT2D eigenvalue weighted by molar-refractivity contribution is 6.26. The molecule has 0 aromatic heterocycles. The number of carbonyl (C=O) groups excluding carboxylic acids is 1. The van der Waals surface area contributed by atoms with E-state index in [2.05, 4.69) is 0 Å². The van der Waals surface area contributed by atoms with Gasteiger partial charge in [0.05, 0.1) is 12.1 Å². The monoisotopic (exact) mass is 127 g/mol. The summed E-state index contributed by atoms with van der Waals surface area (Å²) in [5, 5.41) is 13.2. The third-order valence-corrected chi connectivity index (χ3v) is 0.802. The Kier molecular flexibility index (Phi) is 3.27. The van der Waals surface area contributed by atoms with Gasteiger partial charge in [0.2, 0.25) is 0 Å². The van der Waals surface area contributed by atoms with Gasteiger partial charge in [-0.15, -0.1) is 0 Å². The first kappa shape index (κ1) is 7.81. The van der Waals surface area contributed by atoms with E-state index >= 15 is 0 Å². The van der Waals surface area contributed by atoms with E-state index in [4.69, 9.17) is 16.6 Å². The first-order chi connectivity index (χ1) is 4.16. The first-order valence-corrected chi connectivity index (χ1v) is 2.53. The van der Waals surface area contributed by atoms with Crippen LogP contribution in [-0.2, 0) is 4.79 Å². The summed E-state index contributed by atoms with van der Waals surface area (Å²) in [7, 11) is 0. The maximum absolute atomic E-state index is 10.3. The molecule has 0 unspecified atom stereocenters. The lowest BCUT2D eigenvalue weighted by molar-refractivity contribution is -0.112. The predicted octanol–water partition coefficient (Wildman–Crippen LogP) is -0.0788. The van der Waals surface area contributed by atoms with Gasteiger partial charge in [0.1, 0.15) is 0 Å². The zero-order valence-electron chi connectivity index (χ0n) is 4.98. The van der Waals surface area contributed by atoms with Crippen LogP contribution in [0.4, 0.5) is 0 Å². The summed E-state index contributed by atoms with van der Waals surface area (Å²) in [5.74, 6) is -0.296. The molecule has 0 atom stereocenters. The van der Waals surface area contributed by atoms with Gasteiger partial charge in [-0.2, -0.15) is 0 Å². The standard InChI is InChI=1S/C5H9N3O/c6-3-4(9)1-2-5(7)8/h3,6H,1-2H2,(H3,7,8). The van der Waals surface area contributed by atoms with Gasteiger partial charge in [0.15, 0.2) is 5.78 Å². The van der Waals surface area contributed by atoms with E-state index in [1.165, 1.54) is 0 Å². The molecule has 0 heterocycles. The minimum absolute atomic E-state index is 0.00907. The van der Waals surface area contributed by atoms with Crippen LogP contribution in [0.3, 0.4) is 0 Å². The van der Waals surface area contributed by atoms with Crippen molar-refractivity contribution in [2.75, 3.05) is 0 Å². The number of carbonyl (C=O) groups is 1. The summed E-state index contributed by atoms with van der Waals surface area (Å²) < 4.78 is 0. The van der Waals surface area contributed by atoms with Gasteiger partial charge in [-0.05, 0) is 0 Å². The van der Waals surface area contributed by atoms with Crippen molar-refractivity contribution < 1.29 is 4.79 Å². The summed E-state index contributed by atoms with van der Waals surface area (Å²) in [5.41, 5.74) is 4.95. The SMILES string of the molecule is N=CC(=O)CCC(=N)N. The normalized spacial score (nSPS) is 8.44. The Labute approximate surface area is 53.1 Å². The Morgan fingerprint density at radius 1 is 1.56 bits per heavy atom. The Bertz CT molecular complexity index is 141. The van der Waals surface area contributed by atoms with E-state index in [0.717, 1.165) is 6.21 Å². The van der Waals surface area contributed by atoms with Crippen LogP contribution in [-0.4, -0.2) is 17.8 Å². The molecule has 4 N–H and O–H groups in total. The molecule has 0 aromatic rings. The molecule has 0 aliphatic carbocycles. The van der Waals surface area contributed by atoms with Gasteiger partial charge in [-0.25, -0.2) is 0 Å². The lowest BCUT2D eigenvalue weighted by Gasteiger charge is -1.90. The van der Waals surface area contributed by atoms with E-state index in [0.29, 0.717) is 0 Å². The summed E-state index contributed by atoms with van der Waals surface area (Å²) in [4.78, 5) is 10.3. The number of amidine groups is 1. The van der Waals surface area contributed by atoms with E-state index in [-0.39, 0.29) is 24.5 Å². The number of Topliss-reactive ketones (excluding diaryl/α,β-unsaturated/α-hetero) is 1. The van der Waals surface area contributed by atoms with Crippen LogP contribution in [0.1, 0.15) is 12.8 Å². The number of ketones is 1. The number of nitrogens with one attached hydrogen (secondary N) is 2. The summed E-state index contributed by atoms with van der Waals surface area (Å²) in [6.07, 6.45) is 1.18. The van der Waals surface area contributed by atoms with Crippen molar-refractivity contribution >= 4 is 17.8 Å². The van der Waals surface area contributed by atoms with Crippen LogP contribution >= 0.6 is 0 Å². The molecule has 0 amide bonds. The van der Waals surface area contributed by atoms with Crippen molar-refractivity contribution in [3.8, 4) is 0 Å². The minimum atomic E-state index is -0.287. The Morgan fingerprint density at radius 3 is 2.44 bits per heavy atom. The van der Waals surface area contributed by atoms with Crippen molar-refractivity contribution in [1.29, 1.82) is 10.8 Å². The quantitative estimate of drug-likeness (QED) is 0.364. The van der Waals surface area contributed by atoms with Crippen molar-refractivity contribution in [2.45, 2.75) is 12.8 Å². The molecule has 0 aromatic carbocycles. The molecular weight excluding hydrogens is 118 g/mol. The zero-order chi connectivity index (χ0) is 7.28. The van der Waals surface area contributed by atoms with Crippen LogP contribution in [0.2, 0.25) is 0 Å². The molecule has 0 saturated carbocycles. The summed E-state index contributed by atoms with van der Waals surface area (Å²) >= 11 is 0. The lowest BCUT2D eigenvalue weighted by atomic mass is 10.2. The van der Waals surface area contributed by atoms with Crippen molar-refractivity contribution in [1.82, 2.24) is 0 Å². The zero-order valence-corrected chi connectivity index (χ0v) is 4.98. The van der Waals surface area contributed by atoms with Gasteiger partial charge in [0, 0.05) is 12.8 Å². The van der Waals surface area contributed by atoms with Crippen molar-refractivity contribution in [3.05, 3.63) is 0 Å². The number of hydrogen-bond acceptors (Lipinski definition) is 3. The van der Waals surface area contributed by atoms with Crippen LogP contribution in [0, 0.1) is 10.8 Å². The summed E-state index contributed by atoms with van der Waals surface area (Å²) in [6.45, 7) is 0. The highest BCUT2D eigenvalue weighted by Crippen LogP contribution is 1.86. The molecule has 0 rings (SSSR count). The van der Waals surface area contributed by atoms with Crippen LogP contribution < -0.4 is 5.73 Å². The van der Waals surface area contributed by atoms with Gasteiger partial charge >= 0.3 is 0 Å². The molecule has 0 aliphatic rings. The Morgan fingerprint density at radius 2 is 2.11 bits per heavy atom. The fraction of sp³-hybridized carbons (Fsp3) is 0.400. The van der Waals surface area contributed by atoms with Crippen molar-refractivity contribution in [3.63, 3.8) is 0 Å². The molecule has 0 spiro atoms. The Balaban J connectivity index is 3.39. The van der Waals surface area contributed by atoms with E-state index in [9.17, 15) is 4.79 Å². The molecule has 4 heteroatoms. The third-order valence-electron chi connectivity index (χ3n) is 0.802. The second-order valence-corrected chi connectivity index (χ2v) is 1.64. The average Bonchev–Trinajstić information content (AvgIpc) is 1.83. The molecule has 4 nitrogen and oxygen atoms in total. The van der Waals surface area contributed by atoms with Gasteiger partial charge < -0.3 is 11.1 Å². The molecule has 50 valence electrons. The Hall–Kier alpha value is -1.19. The topological polar surface area (TPSA) is 90.8 Å². The molecule has 0 bridgehead atoms. The second kappa shape index (κ2) is 3.77. The molecule has 0 aliphatic heterocycles. The largest absolute Gasteiger partial charge is 0.388 e. The van der Waals surface area contributed by atoms with E-state index in [1.54, 1.807) is 0 Å². The van der Waals surface area contributed by atoms with E-state index < -0.39 is 0 Å². The van der Waals surface area contributed by atoms with Gasteiger partial charge in [-0.3, -0.25) is 10.2 Å². The van der Waals surface area contributed by atoms with E-state index in [1.807, 2.05) is 0 Å². The smallest absolute Gasteiger partial charge is 0.173 e. The first-order valence-electron chi connectivity index (χ1n) is 2.53. The molecule has 0 radical (unpaired) electrons. The number of hydrogen-bond donors (Lipinski definition) is 3. The second-order valence-electron chi connectivity index (χ2n) is 1.64. The summed E-state index contributed by atoms with van der Waals surface area (Å²) in [6, 6.07) is 0. The van der Waals surface area contributed by atoms with Crippen molar-refractivity contribution in [2.24, 2.45) is 5.73 Å². The van der Waals surface area contributed by atoms with Crippen LogP contribution in [0.5, 0.6) is 0 Å². The predicted molar refractivity (Wildman–Crippen MR) is 34.9 cm³/mol. The van der Waals surface area contributed by atoms with Gasteiger partial charge in [0.25, 0.3) is 0 Å². The highest BCUT2D eigenvalue weighted by atomic mass is 16.1. The molecule has 0 saturated heterocycles. The third kappa shape index (κ3) is 4.67. The fourth-order valence-electron chi connectivity index (χ4n) is 0.330. The fourth-order valence-corrected chi connectivity index (χ4v) is 0.330. The van der Waals surface area contributed by atoms with Crippen LogP contribution in [0.25, 0.3) is 0 Å².